The van der Waals surface area contributed by atoms with E-state index in [-0.39, 0.29) is 21.1 Å². The Morgan fingerprint density at radius 2 is 1.21 bits per heavy atom. The maximum atomic E-state index is 12.2. The third-order valence-electron chi connectivity index (χ3n) is 3.27. The highest BCUT2D eigenvalue weighted by atomic mass is 31.2. The second-order valence-corrected chi connectivity index (χ2v) is 10.2. The maximum absolute atomic E-state index is 12.2. The van der Waals surface area contributed by atoms with Crippen molar-refractivity contribution in [3.8, 4) is 0 Å². The van der Waals surface area contributed by atoms with Gasteiger partial charge in [0, 0.05) is 6.92 Å². The molecule has 0 amide bonds. The minimum atomic E-state index is -2.92. The summed E-state index contributed by atoms with van der Waals surface area (Å²) in [5.74, 6) is -0.833. The molecule has 0 bridgehead atoms. The Morgan fingerprint density at radius 1 is 0.848 bits per heavy atom. The van der Waals surface area contributed by atoms with Crippen LogP contribution in [0.25, 0.3) is 0 Å². The molecule has 0 aliphatic heterocycles. The molecule has 198 valence electrons. The van der Waals surface area contributed by atoms with Crippen molar-refractivity contribution < 1.29 is 37.1 Å². The number of nitrogens with two attached hydrogens (primary N) is 1. The number of carboxylic acids is 1. The van der Waals surface area contributed by atoms with Crippen LogP contribution in [0.15, 0.2) is 30.3 Å². The smallest absolute Gasteiger partial charge is 0.344 e. The van der Waals surface area contributed by atoms with Crippen molar-refractivity contribution in [3.05, 3.63) is 35.9 Å². The number of benzene rings is 1. The van der Waals surface area contributed by atoms with Gasteiger partial charge in [-0.1, -0.05) is 45.2 Å². The molecule has 0 aromatic heterocycles. The van der Waals surface area contributed by atoms with Crippen LogP contribution in [0, 0.1) is 0 Å². The van der Waals surface area contributed by atoms with Gasteiger partial charge in [0.15, 0.2) is 0 Å². The third-order valence-corrected chi connectivity index (χ3v) is 7.18. The molecule has 1 rings (SSSR count). The van der Waals surface area contributed by atoms with Gasteiger partial charge in [-0.2, -0.15) is 0 Å². The molecule has 0 unspecified atom stereocenters. The molecule has 0 aliphatic carbocycles. The lowest BCUT2D eigenvalue weighted by molar-refractivity contribution is -0.134. The fourth-order valence-electron chi connectivity index (χ4n) is 2.22. The minimum Gasteiger partial charge on any atom is -0.481 e. The molecule has 0 atom stereocenters. The summed E-state index contributed by atoms with van der Waals surface area (Å²) in [6.45, 7) is 9.86. The Hall–Kier alpha value is -1.05. The minimum absolute atomic E-state index is 0. The van der Waals surface area contributed by atoms with Crippen LogP contribution in [0.4, 0.5) is 0 Å². The van der Waals surface area contributed by atoms with Crippen molar-refractivity contribution in [1.82, 2.24) is 0 Å². The standard InChI is InChI=1S/C13H21O3P.C5H14NO3P.C2H4O2.2CH4/c1-3-15-17(14,16-4-2)12-8-11-13-9-6-5-7-10-13;1-3-8-10(7,5-6)9-4-2;1-2(3)4;;/h5-7,9-10H,3-4,8,11-12H2,1-2H3;3-6H2,1-2H3;1H3,(H,3,4);2*1H4. The highest BCUT2D eigenvalue weighted by molar-refractivity contribution is 7.54. The first-order valence-electron chi connectivity index (χ1n) is 10.3. The topological polar surface area (TPSA) is 134 Å². The zero-order chi connectivity index (χ0) is 24.2. The zero-order valence-corrected chi connectivity index (χ0v) is 21.1. The van der Waals surface area contributed by atoms with E-state index in [0.29, 0.717) is 32.6 Å². The number of carboxylic acid groups (broad SMARTS) is 1. The van der Waals surface area contributed by atoms with Crippen LogP contribution in [0.1, 0.15) is 61.5 Å². The molecule has 33 heavy (non-hydrogen) atoms. The number of hydrogen-bond donors (Lipinski definition) is 2. The van der Waals surface area contributed by atoms with Crippen molar-refractivity contribution in [3.63, 3.8) is 0 Å². The Labute approximate surface area is 201 Å². The highest BCUT2D eigenvalue weighted by Gasteiger charge is 2.22. The van der Waals surface area contributed by atoms with Crippen LogP contribution in [0.3, 0.4) is 0 Å². The van der Waals surface area contributed by atoms with Gasteiger partial charge < -0.3 is 28.9 Å². The fourth-order valence-corrected chi connectivity index (χ4v) is 4.95. The molecule has 1 aromatic carbocycles. The summed E-state index contributed by atoms with van der Waals surface area (Å²) in [7, 11) is -5.78. The normalized spacial score (nSPS) is 10.4. The first kappa shape index (κ1) is 39.2. The van der Waals surface area contributed by atoms with Crippen LogP contribution in [-0.4, -0.2) is 50.0 Å². The molecule has 0 saturated heterocycles. The second kappa shape index (κ2) is 24.1. The zero-order valence-electron chi connectivity index (χ0n) is 19.3. The molecule has 0 heterocycles. The Balaban J connectivity index is -0.000000226. The van der Waals surface area contributed by atoms with E-state index in [9.17, 15) is 9.13 Å². The predicted molar refractivity (Wildman–Crippen MR) is 137 cm³/mol. The Morgan fingerprint density at radius 3 is 1.55 bits per heavy atom. The molecule has 3 N–H and O–H groups in total. The van der Waals surface area contributed by atoms with Crippen LogP contribution in [0.5, 0.6) is 0 Å². The fraction of sp³-hybridized carbons (Fsp3) is 0.682. The summed E-state index contributed by atoms with van der Waals surface area (Å²) in [6, 6.07) is 10.2. The molecule has 0 aliphatic rings. The van der Waals surface area contributed by atoms with Gasteiger partial charge in [-0.05, 0) is 46.1 Å². The largest absolute Gasteiger partial charge is 0.481 e. The van der Waals surface area contributed by atoms with Crippen LogP contribution in [-0.2, 0) is 38.4 Å². The molecular formula is C22H47NO8P2. The first-order chi connectivity index (χ1) is 14.6. The Kier molecular flexibility index (Phi) is 28.6. The average Bonchev–Trinajstić information content (AvgIpc) is 2.70. The second-order valence-electron chi connectivity index (χ2n) is 5.91. The monoisotopic (exact) mass is 515 g/mol. The molecule has 0 saturated carbocycles. The lowest BCUT2D eigenvalue weighted by atomic mass is 10.1. The summed E-state index contributed by atoms with van der Waals surface area (Å²) in [4.78, 5) is 9.00. The average molecular weight is 516 g/mol. The van der Waals surface area contributed by atoms with Crippen molar-refractivity contribution in [1.29, 1.82) is 0 Å². The number of carbonyl (C=O) groups is 1. The summed E-state index contributed by atoms with van der Waals surface area (Å²) in [5, 5.41) is 7.42. The van der Waals surface area contributed by atoms with Crippen molar-refractivity contribution >= 4 is 21.2 Å². The predicted octanol–water partition coefficient (Wildman–Crippen LogP) is 6.42. The van der Waals surface area contributed by atoms with Crippen LogP contribution in [0.2, 0.25) is 0 Å². The van der Waals surface area contributed by atoms with Crippen LogP contribution < -0.4 is 5.73 Å². The molecule has 0 fully saturated rings. The lowest BCUT2D eigenvalue weighted by Crippen LogP contribution is -2.06. The van der Waals surface area contributed by atoms with E-state index < -0.39 is 21.2 Å². The molecule has 0 radical (unpaired) electrons. The molecule has 9 nitrogen and oxygen atoms in total. The number of hydrogen-bond acceptors (Lipinski definition) is 8. The summed E-state index contributed by atoms with van der Waals surface area (Å²) in [5.41, 5.74) is 6.42. The van der Waals surface area contributed by atoms with Gasteiger partial charge >= 0.3 is 15.2 Å². The van der Waals surface area contributed by atoms with E-state index >= 15 is 0 Å². The van der Waals surface area contributed by atoms with E-state index in [4.69, 9.17) is 33.7 Å². The third kappa shape index (κ3) is 23.9. The molecule has 11 heteroatoms. The number of rotatable bonds is 13. The molecule has 1 aromatic rings. The summed E-state index contributed by atoms with van der Waals surface area (Å²) < 4.78 is 43.5. The van der Waals surface area contributed by atoms with Gasteiger partial charge in [-0.15, -0.1) is 0 Å². The lowest BCUT2D eigenvalue weighted by Gasteiger charge is -2.16. The molecular weight excluding hydrogens is 468 g/mol. The van der Waals surface area contributed by atoms with E-state index in [2.05, 4.69) is 12.1 Å². The van der Waals surface area contributed by atoms with Gasteiger partial charge in [-0.3, -0.25) is 13.9 Å². The van der Waals surface area contributed by atoms with E-state index in [0.717, 1.165) is 19.8 Å². The number of aliphatic carboxylic acids is 1. The summed E-state index contributed by atoms with van der Waals surface area (Å²) >= 11 is 0. The quantitative estimate of drug-likeness (QED) is 0.285. The van der Waals surface area contributed by atoms with Crippen molar-refractivity contribution in [2.45, 2.75) is 62.3 Å². The van der Waals surface area contributed by atoms with E-state index in [1.165, 1.54) is 5.56 Å². The van der Waals surface area contributed by atoms with Gasteiger partial charge in [0.05, 0.1) is 38.9 Å². The van der Waals surface area contributed by atoms with Gasteiger partial charge in [0.1, 0.15) is 0 Å². The van der Waals surface area contributed by atoms with Gasteiger partial charge in [0.2, 0.25) is 0 Å². The first-order valence-corrected chi connectivity index (χ1v) is 13.8. The number of aryl methyl sites for hydroxylation is 1. The van der Waals surface area contributed by atoms with E-state index in [1.807, 2.05) is 32.0 Å². The SMILES string of the molecule is C.C.CC(=O)O.CCOP(=O)(CCCc1ccccc1)OCC.CCOP(=O)(CN)OCC. The summed E-state index contributed by atoms with van der Waals surface area (Å²) in [6.07, 6.45) is 2.17. The van der Waals surface area contributed by atoms with Crippen molar-refractivity contribution in [2.24, 2.45) is 5.73 Å². The van der Waals surface area contributed by atoms with Crippen molar-refractivity contribution in [2.75, 3.05) is 38.9 Å². The van der Waals surface area contributed by atoms with E-state index in [1.54, 1.807) is 13.8 Å². The highest BCUT2D eigenvalue weighted by Crippen LogP contribution is 2.48. The van der Waals surface area contributed by atoms with Crippen LogP contribution >= 0.6 is 15.2 Å². The molecule has 0 spiro atoms. The maximum Gasteiger partial charge on any atom is 0.344 e. The Bertz CT molecular complexity index is 635. The van der Waals surface area contributed by atoms with Gasteiger partial charge in [-0.25, -0.2) is 0 Å². The van der Waals surface area contributed by atoms with Gasteiger partial charge in [0.25, 0.3) is 5.97 Å².